The van der Waals surface area contributed by atoms with Gasteiger partial charge in [-0.1, -0.05) is 26.2 Å². The van der Waals surface area contributed by atoms with Crippen LogP contribution in [-0.4, -0.2) is 48.3 Å². The molecule has 1 heterocycles. The van der Waals surface area contributed by atoms with E-state index in [-0.39, 0.29) is 36.2 Å². The number of nitrogens with zero attached hydrogens (tertiary/aromatic N) is 1. The van der Waals surface area contributed by atoms with Crippen molar-refractivity contribution in [2.24, 2.45) is 0 Å². The van der Waals surface area contributed by atoms with Crippen LogP contribution in [0, 0.1) is 0 Å². The minimum Gasteiger partial charge on any atom is -0.351 e. The lowest BCUT2D eigenvalue weighted by Crippen LogP contribution is -2.40. The third-order valence-corrected chi connectivity index (χ3v) is 5.13. The molecule has 7 heteroatoms. The van der Waals surface area contributed by atoms with Crippen LogP contribution in [0.1, 0.15) is 76.5 Å². The highest BCUT2D eigenvalue weighted by Crippen LogP contribution is 2.31. The van der Waals surface area contributed by atoms with Gasteiger partial charge in [-0.2, -0.15) is 0 Å². The van der Waals surface area contributed by atoms with E-state index in [2.05, 4.69) is 17.6 Å². The van der Waals surface area contributed by atoms with Gasteiger partial charge in [0, 0.05) is 24.7 Å². The summed E-state index contributed by atoms with van der Waals surface area (Å²) in [6.45, 7) is 4.24. The summed E-state index contributed by atoms with van der Waals surface area (Å²) in [5, 5.41) is 6.06. The standard InChI is InChI=1S/C20H27N3O3.ClH/c1-2-10-21-11-12-22-18(24)14-8-9-16-17(13-14)20(26)23(19(16)25)15-6-4-3-5-7-15;/h8-9,13,15,21H,2-7,10-12H2,1H3,(H,22,24);1H. The van der Waals surface area contributed by atoms with Gasteiger partial charge in [0.25, 0.3) is 17.7 Å². The molecule has 0 radical (unpaired) electrons. The van der Waals surface area contributed by atoms with Crippen molar-refractivity contribution < 1.29 is 14.4 Å². The van der Waals surface area contributed by atoms with Gasteiger partial charge in [0.05, 0.1) is 11.1 Å². The third-order valence-electron chi connectivity index (χ3n) is 5.13. The summed E-state index contributed by atoms with van der Waals surface area (Å²) < 4.78 is 0. The fourth-order valence-corrected chi connectivity index (χ4v) is 3.74. The topological polar surface area (TPSA) is 78.5 Å². The van der Waals surface area contributed by atoms with Gasteiger partial charge in [-0.3, -0.25) is 19.3 Å². The summed E-state index contributed by atoms with van der Waals surface area (Å²) in [5.41, 5.74) is 1.20. The average molecular weight is 394 g/mol. The largest absolute Gasteiger partial charge is 0.351 e. The highest BCUT2D eigenvalue weighted by atomic mass is 35.5. The first-order valence-electron chi connectivity index (χ1n) is 9.64. The predicted octanol–water partition coefficient (Wildman–Crippen LogP) is 2.77. The molecule has 0 aromatic heterocycles. The maximum Gasteiger partial charge on any atom is 0.261 e. The Labute approximate surface area is 166 Å². The van der Waals surface area contributed by atoms with E-state index in [0.717, 1.165) is 45.1 Å². The zero-order valence-corrected chi connectivity index (χ0v) is 16.6. The summed E-state index contributed by atoms with van der Waals surface area (Å²) in [4.78, 5) is 39.1. The molecule has 0 saturated heterocycles. The second kappa shape index (κ2) is 9.85. The molecule has 1 aromatic rings. The molecule has 0 spiro atoms. The number of imide groups is 1. The molecule has 0 atom stereocenters. The first-order valence-corrected chi connectivity index (χ1v) is 9.64. The number of carbonyl (C=O) groups excluding carboxylic acids is 3. The van der Waals surface area contributed by atoms with Crippen molar-refractivity contribution in [3.05, 3.63) is 34.9 Å². The zero-order valence-electron chi connectivity index (χ0n) is 15.8. The maximum absolute atomic E-state index is 12.8. The summed E-state index contributed by atoms with van der Waals surface area (Å²) in [7, 11) is 0. The SMILES string of the molecule is CCCNCCNC(=O)c1ccc2c(c1)C(=O)N(C1CCCCC1)C2=O.Cl. The second-order valence-corrected chi connectivity index (χ2v) is 7.04. The van der Waals surface area contributed by atoms with E-state index in [1.54, 1.807) is 18.2 Å². The minimum absolute atomic E-state index is 0. The van der Waals surface area contributed by atoms with Crippen LogP contribution < -0.4 is 10.6 Å². The smallest absolute Gasteiger partial charge is 0.261 e. The molecule has 1 fully saturated rings. The van der Waals surface area contributed by atoms with E-state index >= 15 is 0 Å². The Morgan fingerprint density at radius 3 is 2.44 bits per heavy atom. The number of amides is 3. The summed E-state index contributed by atoms with van der Waals surface area (Å²) in [5.74, 6) is -0.689. The van der Waals surface area contributed by atoms with Gasteiger partial charge >= 0.3 is 0 Å². The number of rotatable bonds is 7. The Morgan fingerprint density at radius 1 is 1.04 bits per heavy atom. The second-order valence-electron chi connectivity index (χ2n) is 7.04. The molecule has 3 rings (SSSR count). The van der Waals surface area contributed by atoms with Crippen LogP contribution in [0.3, 0.4) is 0 Å². The monoisotopic (exact) mass is 393 g/mol. The van der Waals surface area contributed by atoms with Crippen molar-refractivity contribution in [3.8, 4) is 0 Å². The number of benzene rings is 1. The van der Waals surface area contributed by atoms with E-state index in [1.165, 1.54) is 4.90 Å². The summed E-state index contributed by atoms with van der Waals surface area (Å²) in [6, 6.07) is 4.80. The Bertz CT molecular complexity index is 702. The van der Waals surface area contributed by atoms with Crippen molar-refractivity contribution in [3.63, 3.8) is 0 Å². The molecule has 0 unspecified atom stereocenters. The highest BCUT2D eigenvalue weighted by Gasteiger charge is 2.40. The quantitative estimate of drug-likeness (QED) is 0.551. The predicted molar refractivity (Wildman–Crippen MR) is 107 cm³/mol. The third kappa shape index (κ3) is 4.68. The summed E-state index contributed by atoms with van der Waals surface area (Å²) in [6.07, 6.45) is 6.08. The number of hydrogen-bond donors (Lipinski definition) is 2. The lowest BCUT2D eigenvalue weighted by molar-refractivity contribution is 0.0549. The van der Waals surface area contributed by atoms with E-state index < -0.39 is 0 Å². The lowest BCUT2D eigenvalue weighted by Gasteiger charge is -2.29. The molecule has 2 N–H and O–H groups in total. The van der Waals surface area contributed by atoms with E-state index in [4.69, 9.17) is 0 Å². The van der Waals surface area contributed by atoms with Crippen LogP contribution in [0.25, 0.3) is 0 Å². The fourth-order valence-electron chi connectivity index (χ4n) is 3.74. The van der Waals surface area contributed by atoms with Gasteiger partial charge in [-0.05, 0) is 44.0 Å². The number of carbonyl (C=O) groups is 3. The van der Waals surface area contributed by atoms with Gasteiger partial charge in [-0.15, -0.1) is 12.4 Å². The lowest BCUT2D eigenvalue weighted by atomic mass is 9.94. The summed E-state index contributed by atoms with van der Waals surface area (Å²) >= 11 is 0. The molecular weight excluding hydrogens is 366 g/mol. The molecule has 2 aliphatic rings. The molecule has 148 valence electrons. The fraction of sp³-hybridized carbons (Fsp3) is 0.550. The van der Waals surface area contributed by atoms with Gasteiger partial charge < -0.3 is 10.6 Å². The van der Waals surface area contributed by atoms with Crippen molar-refractivity contribution in [2.45, 2.75) is 51.5 Å². The number of hydrogen-bond acceptors (Lipinski definition) is 4. The molecule has 1 saturated carbocycles. The zero-order chi connectivity index (χ0) is 18.5. The molecule has 6 nitrogen and oxygen atoms in total. The Balaban J connectivity index is 0.00000261. The molecule has 0 bridgehead atoms. The van der Waals surface area contributed by atoms with Gasteiger partial charge in [0.15, 0.2) is 0 Å². The van der Waals surface area contributed by atoms with Crippen LogP contribution >= 0.6 is 12.4 Å². The van der Waals surface area contributed by atoms with Crippen LogP contribution in [0.2, 0.25) is 0 Å². The minimum atomic E-state index is -0.254. The van der Waals surface area contributed by atoms with Gasteiger partial charge in [0.1, 0.15) is 0 Å². The van der Waals surface area contributed by atoms with Crippen LogP contribution in [0.4, 0.5) is 0 Å². The van der Waals surface area contributed by atoms with Crippen molar-refractivity contribution in [1.82, 2.24) is 15.5 Å². The Hall–Kier alpha value is -1.92. The van der Waals surface area contributed by atoms with Gasteiger partial charge in [0.2, 0.25) is 0 Å². The Kier molecular flexibility index (Phi) is 7.80. The van der Waals surface area contributed by atoms with Crippen LogP contribution in [-0.2, 0) is 0 Å². The Morgan fingerprint density at radius 2 is 1.74 bits per heavy atom. The first-order chi connectivity index (χ1) is 12.6. The molecular formula is C20H28ClN3O3. The van der Waals surface area contributed by atoms with Gasteiger partial charge in [-0.25, -0.2) is 0 Å². The van der Waals surface area contributed by atoms with Crippen LogP contribution in [0.5, 0.6) is 0 Å². The van der Waals surface area contributed by atoms with E-state index in [9.17, 15) is 14.4 Å². The van der Waals surface area contributed by atoms with Crippen molar-refractivity contribution in [1.29, 1.82) is 0 Å². The molecule has 3 amide bonds. The number of nitrogens with one attached hydrogen (secondary N) is 2. The van der Waals surface area contributed by atoms with Crippen molar-refractivity contribution in [2.75, 3.05) is 19.6 Å². The van der Waals surface area contributed by atoms with E-state index in [0.29, 0.717) is 29.8 Å². The maximum atomic E-state index is 12.8. The number of halogens is 1. The van der Waals surface area contributed by atoms with Crippen LogP contribution in [0.15, 0.2) is 18.2 Å². The highest BCUT2D eigenvalue weighted by molar-refractivity contribution is 6.22. The average Bonchev–Trinajstić information content (AvgIpc) is 2.92. The van der Waals surface area contributed by atoms with Crippen molar-refractivity contribution >= 4 is 30.1 Å². The first kappa shape index (κ1) is 21.4. The molecule has 1 aromatic carbocycles. The number of fused-ring (bicyclic) bond motifs is 1. The molecule has 27 heavy (non-hydrogen) atoms. The molecule has 1 aliphatic heterocycles. The normalized spacial score (nSPS) is 16.9. The van der Waals surface area contributed by atoms with E-state index in [1.807, 2.05) is 0 Å². The molecule has 1 aliphatic carbocycles.